The van der Waals surface area contributed by atoms with Crippen molar-refractivity contribution in [1.82, 2.24) is 0 Å². The number of carboxylic acids is 1. The van der Waals surface area contributed by atoms with E-state index in [4.69, 9.17) is 16.1 Å². The maximum atomic E-state index is 9.86. The summed E-state index contributed by atoms with van der Waals surface area (Å²) >= 11 is 0. The van der Waals surface area contributed by atoms with Gasteiger partial charge in [0, 0.05) is 6.54 Å². The van der Waals surface area contributed by atoms with Gasteiger partial charge in [0.05, 0.1) is 6.07 Å². The molecule has 0 bridgehead atoms. The Bertz CT molecular complexity index is 126. The molecular weight excluding hydrogens is 108 g/mol. The summed E-state index contributed by atoms with van der Waals surface area (Å²) in [5, 5.41) is 16.1. The van der Waals surface area contributed by atoms with Gasteiger partial charge < -0.3 is 10.8 Å². The van der Waals surface area contributed by atoms with E-state index in [2.05, 4.69) is 0 Å². The Balaban J connectivity index is 3.76. The fourth-order valence-electron chi connectivity index (χ4n) is 0.209. The highest BCUT2D eigenvalue weighted by Crippen LogP contribution is 1.87. The molecule has 4 nitrogen and oxygen atoms in total. The van der Waals surface area contributed by atoms with Crippen LogP contribution in [0.3, 0.4) is 0 Å². The van der Waals surface area contributed by atoms with E-state index in [0.717, 1.165) is 0 Å². The average molecular weight is 114 g/mol. The first kappa shape index (κ1) is 6.92. The average Bonchev–Trinajstić information content (AvgIpc) is 1.69. The highest BCUT2D eigenvalue weighted by Gasteiger charge is 2.12. The van der Waals surface area contributed by atoms with Crippen molar-refractivity contribution in [1.29, 1.82) is 5.26 Å². The number of nitrogens with two attached hydrogens (primary N) is 1. The third-order valence-corrected chi connectivity index (χ3v) is 0.690. The van der Waals surface area contributed by atoms with Crippen molar-refractivity contribution in [2.45, 2.75) is 0 Å². The van der Waals surface area contributed by atoms with Crippen LogP contribution in [0.15, 0.2) is 0 Å². The van der Waals surface area contributed by atoms with Crippen LogP contribution in [-0.2, 0) is 4.79 Å². The third kappa shape index (κ3) is 1.58. The predicted molar refractivity (Wildman–Crippen MR) is 25.8 cm³/mol. The number of carbonyl (C=O) groups is 1. The monoisotopic (exact) mass is 114 g/mol. The minimum atomic E-state index is -1.16. The standard InChI is InChI=1S/C4H6N2O2/c5-1-3(2-6)4(7)8/h3H,1,5H2,(H,7,8)/t3-/m1/s1. The first-order valence-corrected chi connectivity index (χ1v) is 2.05. The Labute approximate surface area is 46.5 Å². The van der Waals surface area contributed by atoms with Gasteiger partial charge in [0.25, 0.3) is 0 Å². The second-order valence-corrected chi connectivity index (χ2v) is 1.26. The van der Waals surface area contributed by atoms with E-state index in [1.807, 2.05) is 0 Å². The molecule has 1 atom stereocenters. The molecule has 0 aromatic rings. The number of hydrogen-bond acceptors (Lipinski definition) is 3. The quantitative estimate of drug-likeness (QED) is 0.490. The summed E-state index contributed by atoms with van der Waals surface area (Å²) in [5.41, 5.74) is 4.88. The summed E-state index contributed by atoms with van der Waals surface area (Å²) in [6.07, 6.45) is 0. The molecule has 0 aliphatic rings. The van der Waals surface area contributed by atoms with Crippen molar-refractivity contribution >= 4 is 5.97 Å². The van der Waals surface area contributed by atoms with Crippen LogP contribution in [0.5, 0.6) is 0 Å². The summed E-state index contributed by atoms with van der Waals surface area (Å²) in [4.78, 5) is 9.86. The molecular formula is C4H6N2O2. The van der Waals surface area contributed by atoms with E-state index in [9.17, 15) is 4.79 Å². The number of carboxylic acid groups (broad SMARTS) is 1. The molecule has 0 rings (SSSR count). The van der Waals surface area contributed by atoms with E-state index in [1.54, 1.807) is 0 Å². The van der Waals surface area contributed by atoms with Crippen LogP contribution in [0, 0.1) is 17.2 Å². The van der Waals surface area contributed by atoms with Crippen LogP contribution in [0.2, 0.25) is 0 Å². The van der Waals surface area contributed by atoms with E-state index in [0.29, 0.717) is 0 Å². The molecule has 0 amide bonds. The molecule has 0 aliphatic carbocycles. The Hall–Kier alpha value is -1.08. The highest BCUT2D eigenvalue weighted by molar-refractivity contribution is 5.73. The topological polar surface area (TPSA) is 87.1 Å². The lowest BCUT2D eigenvalue weighted by Crippen LogP contribution is -2.21. The summed E-state index contributed by atoms with van der Waals surface area (Å²) in [6.45, 7) is -0.119. The van der Waals surface area contributed by atoms with Gasteiger partial charge >= 0.3 is 5.97 Å². The molecule has 0 fully saturated rings. The molecule has 44 valence electrons. The molecule has 0 saturated heterocycles. The number of aliphatic carboxylic acids is 1. The molecule has 0 aromatic heterocycles. The zero-order chi connectivity index (χ0) is 6.57. The van der Waals surface area contributed by atoms with Crippen molar-refractivity contribution in [3.05, 3.63) is 0 Å². The van der Waals surface area contributed by atoms with Gasteiger partial charge in [-0.05, 0) is 0 Å². The summed E-state index contributed by atoms with van der Waals surface area (Å²) in [5.74, 6) is -2.20. The molecule has 0 saturated carbocycles. The van der Waals surface area contributed by atoms with Gasteiger partial charge in [0.1, 0.15) is 0 Å². The molecule has 0 spiro atoms. The SMILES string of the molecule is N#C[C@@H](CN)C(=O)O. The minimum Gasteiger partial charge on any atom is -0.480 e. The van der Waals surface area contributed by atoms with Crippen molar-refractivity contribution in [2.75, 3.05) is 6.54 Å². The van der Waals surface area contributed by atoms with Crippen LogP contribution in [0.25, 0.3) is 0 Å². The maximum absolute atomic E-state index is 9.86. The molecule has 0 aromatic carbocycles. The lowest BCUT2D eigenvalue weighted by atomic mass is 10.2. The second kappa shape index (κ2) is 2.99. The van der Waals surface area contributed by atoms with Crippen LogP contribution in [0.1, 0.15) is 0 Å². The Morgan fingerprint density at radius 2 is 2.50 bits per heavy atom. The fraction of sp³-hybridized carbons (Fsp3) is 0.500. The Kier molecular flexibility index (Phi) is 2.59. The zero-order valence-corrected chi connectivity index (χ0v) is 4.16. The normalized spacial score (nSPS) is 12.0. The first-order valence-electron chi connectivity index (χ1n) is 2.05. The van der Waals surface area contributed by atoms with E-state index < -0.39 is 11.9 Å². The predicted octanol–water partition coefficient (Wildman–Crippen LogP) is -0.831. The molecule has 0 radical (unpaired) electrons. The van der Waals surface area contributed by atoms with Crippen molar-refractivity contribution in [3.8, 4) is 6.07 Å². The summed E-state index contributed by atoms with van der Waals surface area (Å²) in [7, 11) is 0. The van der Waals surface area contributed by atoms with Gasteiger partial charge in [-0.1, -0.05) is 0 Å². The molecule has 8 heavy (non-hydrogen) atoms. The molecule has 0 heterocycles. The number of rotatable bonds is 2. The lowest BCUT2D eigenvalue weighted by molar-refractivity contribution is -0.139. The molecule has 4 heteroatoms. The van der Waals surface area contributed by atoms with Crippen LogP contribution in [0.4, 0.5) is 0 Å². The van der Waals surface area contributed by atoms with Gasteiger partial charge in [0.15, 0.2) is 5.92 Å². The number of nitriles is 1. The maximum Gasteiger partial charge on any atom is 0.322 e. The van der Waals surface area contributed by atoms with Gasteiger partial charge in [-0.3, -0.25) is 4.79 Å². The van der Waals surface area contributed by atoms with Crippen molar-refractivity contribution in [2.24, 2.45) is 11.7 Å². The number of nitrogens with zero attached hydrogens (tertiary/aromatic N) is 1. The van der Waals surface area contributed by atoms with Crippen molar-refractivity contribution < 1.29 is 9.90 Å². The lowest BCUT2D eigenvalue weighted by Gasteiger charge is -1.93. The molecule has 3 N–H and O–H groups in total. The van der Waals surface area contributed by atoms with Gasteiger partial charge in [0.2, 0.25) is 0 Å². The fourth-order valence-corrected chi connectivity index (χ4v) is 0.209. The van der Waals surface area contributed by atoms with Crippen LogP contribution >= 0.6 is 0 Å². The van der Waals surface area contributed by atoms with Gasteiger partial charge in [-0.2, -0.15) is 5.26 Å². The van der Waals surface area contributed by atoms with E-state index in [-0.39, 0.29) is 6.54 Å². The molecule has 0 unspecified atom stereocenters. The third-order valence-electron chi connectivity index (χ3n) is 0.690. The Morgan fingerprint density at radius 1 is 2.00 bits per heavy atom. The number of hydrogen-bond donors (Lipinski definition) is 2. The smallest absolute Gasteiger partial charge is 0.322 e. The van der Waals surface area contributed by atoms with E-state index >= 15 is 0 Å². The van der Waals surface area contributed by atoms with Crippen molar-refractivity contribution in [3.63, 3.8) is 0 Å². The van der Waals surface area contributed by atoms with E-state index in [1.165, 1.54) is 6.07 Å². The van der Waals surface area contributed by atoms with Gasteiger partial charge in [-0.25, -0.2) is 0 Å². The minimum absolute atomic E-state index is 0.119. The largest absolute Gasteiger partial charge is 0.480 e. The first-order chi connectivity index (χ1) is 3.72. The molecule has 0 aliphatic heterocycles. The Morgan fingerprint density at radius 3 is 2.50 bits per heavy atom. The summed E-state index contributed by atoms with van der Waals surface area (Å²) < 4.78 is 0. The van der Waals surface area contributed by atoms with Crippen LogP contribution < -0.4 is 5.73 Å². The zero-order valence-electron chi connectivity index (χ0n) is 4.16. The van der Waals surface area contributed by atoms with Gasteiger partial charge in [-0.15, -0.1) is 0 Å². The highest BCUT2D eigenvalue weighted by atomic mass is 16.4. The second-order valence-electron chi connectivity index (χ2n) is 1.26. The summed E-state index contributed by atoms with van der Waals surface area (Å²) in [6, 6.07) is 1.53. The van der Waals surface area contributed by atoms with Crippen LogP contribution in [-0.4, -0.2) is 17.6 Å².